The van der Waals surface area contributed by atoms with Gasteiger partial charge in [-0.05, 0) is 6.08 Å². The van der Waals surface area contributed by atoms with Gasteiger partial charge in [0.15, 0.2) is 5.96 Å². The van der Waals surface area contributed by atoms with Gasteiger partial charge in [-0.2, -0.15) is 13.4 Å². The molecule has 0 saturated carbocycles. The topological polar surface area (TPSA) is 116 Å². The average Bonchev–Trinajstić information content (AvgIpc) is 2.16. The predicted molar refractivity (Wildman–Crippen MR) is 56.5 cm³/mol. The summed E-state index contributed by atoms with van der Waals surface area (Å²) < 4.78 is 21.5. The van der Waals surface area contributed by atoms with Crippen molar-refractivity contribution in [3.8, 4) is 0 Å². The standard InChI is InChI=1S/C8H9N3O3S/c9-8(10)11-7(12)5-3-1-2-4-6(5)15(13)14/h1-5H,(H4,9,10,11,12). The largest absolute Gasteiger partial charge is 0.370 e. The van der Waals surface area contributed by atoms with Gasteiger partial charge >= 0.3 is 0 Å². The lowest BCUT2D eigenvalue weighted by Crippen LogP contribution is -2.28. The van der Waals surface area contributed by atoms with E-state index in [1.165, 1.54) is 18.2 Å². The summed E-state index contributed by atoms with van der Waals surface area (Å²) in [5.41, 5.74) is 10.0. The van der Waals surface area contributed by atoms with Crippen LogP contribution in [0.1, 0.15) is 0 Å². The van der Waals surface area contributed by atoms with E-state index in [1.807, 2.05) is 0 Å². The number of nitrogens with two attached hydrogens (primary N) is 2. The Morgan fingerprint density at radius 3 is 2.53 bits per heavy atom. The van der Waals surface area contributed by atoms with Crippen LogP contribution in [-0.2, 0) is 15.1 Å². The first-order chi connectivity index (χ1) is 7.02. The van der Waals surface area contributed by atoms with Gasteiger partial charge in [0, 0.05) is 0 Å². The number of nitrogens with zero attached hydrogens (tertiary/aromatic N) is 1. The SMILES string of the molecule is NC(N)=NC(=O)C1C=CC=CC1=S(=O)=O. The van der Waals surface area contributed by atoms with Gasteiger partial charge in [-0.1, -0.05) is 18.2 Å². The molecule has 1 aliphatic rings. The highest BCUT2D eigenvalue weighted by Crippen LogP contribution is 2.10. The van der Waals surface area contributed by atoms with E-state index in [4.69, 9.17) is 11.5 Å². The van der Waals surface area contributed by atoms with Gasteiger partial charge in [-0.25, -0.2) is 0 Å². The molecule has 0 heterocycles. The van der Waals surface area contributed by atoms with Gasteiger partial charge in [0.05, 0.1) is 10.8 Å². The maximum atomic E-state index is 11.4. The van der Waals surface area contributed by atoms with E-state index in [2.05, 4.69) is 4.99 Å². The molecule has 0 saturated heterocycles. The zero-order valence-electron chi connectivity index (χ0n) is 7.62. The van der Waals surface area contributed by atoms with Gasteiger partial charge < -0.3 is 11.5 Å². The summed E-state index contributed by atoms with van der Waals surface area (Å²) in [4.78, 5) is 14.6. The number of carbonyl (C=O) groups excluding carboxylic acids is 1. The molecule has 0 radical (unpaired) electrons. The van der Waals surface area contributed by atoms with Crippen molar-refractivity contribution in [2.75, 3.05) is 0 Å². The zero-order valence-corrected chi connectivity index (χ0v) is 8.44. The highest BCUT2D eigenvalue weighted by molar-refractivity contribution is 7.73. The molecule has 7 heteroatoms. The molecular weight excluding hydrogens is 218 g/mol. The first kappa shape index (κ1) is 11.2. The summed E-state index contributed by atoms with van der Waals surface area (Å²) >= 11 is 0. The fraction of sp³-hybridized carbons (Fsp3) is 0.125. The number of amides is 1. The molecule has 1 rings (SSSR count). The van der Waals surface area contributed by atoms with Crippen molar-refractivity contribution < 1.29 is 13.2 Å². The molecule has 0 aromatic heterocycles. The van der Waals surface area contributed by atoms with Gasteiger partial charge in [0.25, 0.3) is 5.91 Å². The Labute approximate surface area is 87.5 Å². The molecule has 15 heavy (non-hydrogen) atoms. The van der Waals surface area contributed by atoms with Crippen molar-refractivity contribution in [2.24, 2.45) is 22.4 Å². The first-order valence-corrected chi connectivity index (χ1v) is 5.04. The predicted octanol–water partition coefficient (Wildman–Crippen LogP) is -1.42. The molecule has 0 bridgehead atoms. The van der Waals surface area contributed by atoms with E-state index < -0.39 is 22.1 Å². The molecule has 0 spiro atoms. The molecule has 1 aliphatic carbocycles. The van der Waals surface area contributed by atoms with Crippen molar-refractivity contribution in [3.05, 3.63) is 24.3 Å². The number of rotatable bonds is 1. The molecule has 0 aliphatic heterocycles. The van der Waals surface area contributed by atoms with Gasteiger partial charge in [0.1, 0.15) is 0 Å². The number of hydrogen-bond donors (Lipinski definition) is 2. The molecule has 4 N–H and O–H groups in total. The normalized spacial score (nSPS) is 18.7. The van der Waals surface area contributed by atoms with Crippen molar-refractivity contribution in [1.29, 1.82) is 0 Å². The molecule has 0 aromatic carbocycles. The maximum Gasteiger partial charge on any atom is 0.261 e. The smallest absolute Gasteiger partial charge is 0.261 e. The van der Waals surface area contributed by atoms with Crippen LogP contribution in [0.5, 0.6) is 0 Å². The Morgan fingerprint density at radius 2 is 2.00 bits per heavy atom. The molecule has 1 atom stereocenters. The van der Waals surface area contributed by atoms with Crippen LogP contribution in [0.2, 0.25) is 0 Å². The Bertz CT molecular complexity index is 487. The Kier molecular flexibility index (Phi) is 3.40. The molecule has 1 unspecified atom stereocenters. The van der Waals surface area contributed by atoms with E-state index in [0.29, 0.717) is 0 Å². The molecule has 1 amide bonds. The summed E-state index contributed by atoms with van der Waals surface area (Å²) in [6, 6.07) is 0. The second-order valence-electron chi connectivity index (χ2n) is 2.73. The minimum absolute atomic E-state index is 0.0486. The average molecular weight is 227 g/mol. The van der Waals surface area contributed by atoms with E-state index in [1.54, 1.807) is 6.08 Å². The first-order valence-electron chi connectivity index (χ1n) is 3.97. The Hall–Kier alpha value is -1.89. The third-order valence-electron chi connectivity index (χ3n) is 1.68. The number of hydrogen-bond acceptors (Lipinski definition) is 3. The molecule has 80 valence electrons. The van der Waals surface area contributed by atoms with Crippen LogP contribution >= 0.6 is 0 Å². The number of aliphatic imine (C=N–C) groups is 1. The van der Waals surface area contributed by atoms with E-state index in [-0.39, 0.29) is 10.8 Å². The van der Waals surface area contributed by atoms with Crippen LogP contribution in [0, 0.1) is 5.92 Å². The van der Waals surface area contributed by atoms with Crippen LogP contribution in [-0.4, -0.2) is 25.1 Å². The number of carbonyl (C=O) groups is 1. The third-order valence-corrected chi connectivity index (χ3v) is 2.45. The highest BCUT2D eigenvalue weighted by Gasteiger charge is 2.22. The van der Waals surface area contributed by atoms with Crippen LogP contribution in [0.25, 0.3) is 0 Å². The summed E-state index contributed by atoms with van der Waals surface area (Å²) in [7, 11) is -2.46. The van der Waals surface area contributed by atoms with Crippen molar-refractivity contribution in [3.63, 3.8) is 0 Å². The Morgan fingerprint density at radius 1 is 1.33 bits per heavy atom. The fourth-order valence-electron chi connectivity index (χ4n) is 1.08. The van der Waals surface area contributed by atoms with Gasteiger partial charge in [0.2, 0.25) is 10.3 Å². The van der Waals surface area contributed by atoms with Gasteiger partial charge in [-0.15, -0.1) is 0 Å². The minimum atomic E-state index is -2.46. The second kappa shape index (κ2) is 4.56. The van der Waals surface area contributed by atoms with Crippen LogP contribution in [0.4, 0.5) is 0 Å². The summed E-state index contributed by atoms with van der Waals surface area (Å²) in [5.74, 6) is -2.02. The van der Waals surface area contributed by atoms with Crippen LogP contribution < -0.4 is 11.5 Å². The summed E-state index contributed by atoms with van der Waals surface area (Å²) in [6.45, 7) is 0. The van der Waals surface area contributed by atoms with E-state index in [9.17, 15) is 13.2 Å². The zero-order chi connectivity index (χ0) is 11.4. The lowest BCUT2D eigenvalue weighted by atomic mass is 10.0. The molecule has 0 fully saturated rings. The van der Waals surface area contributed by atoms with Crippen molar-refractivity contribution in [2.45, 2.75) is 0 Å². The van der Waals surface area contributed by atoms with E-state index in [0.717, 1.165) is 0 Å². The van der Waals surface area contributed by atoms with Crippen molar-refractivity contribution in [1.82, 2.24) is 0 Å². The number of allylic oxidation sites excluding steroid dienone is 3. The second-order valence-corrected chi connectivity index (χ2v) is 3.67. The Balaban J connectivity index is 3.11. The summed E-state index contributed by atoms with van der Waals surface area (Å²) in [6.07, 6.45) is 5.82. The molecule has 0 aromatic rings. The molecular formula is C8H9N3O3S. The highest BCUT2D eigenvalue weighted by atomic mass is 32.2. The monoisotopic (exact) mass is 227 g/mol. The van der Waals surface area contributed by atoms with E-state index >= 15 is 0 Å². The summed E-state index contributed by atoms with van der Waals surface area (Å²) in [5, 5.41) is 0. The van der Waals surface area contributed by atoms with Crippen molar-refractivity contribution >= 4 is 27.0 Å². The molecule has 6 nitrogen and oxygen atoms in total. The minimum Gasteiger partial charge on any atom is -0.370 e. The lowest BCUT2D eigenvalue weighted by Gasteiger charge is -2.08. The maximum absolute atomic E-state index is 11.4. The number of guanidine groups is 1. The van der Waals surface area contributed by atoms with Gasteiger partial charge in [-0.3, -0.25) is 4.79 Å². The third kappa shape index (κ3) is 2.78. The fourth-order valence-corrected chi connectivity index (χ4v) is 1.66. The lowest BCUT2D eigenvalue weighted by molar-refractivity contribution is -0.118. The van der Waals surface area contributed by atoms with Crippen LogP contribution in [0.3, 0.4) is 0 Å². The van der Waals surface area contributed by atoms with Crippen LogP contribution in [0.15, 0.2) is 29.3 Å². The quantitative estimate of drug-likeness (QED) is 0.324.